The fourth-order valence-corrected chi connectivity index (χ4v) is 2.84. The van der Waals surface area contributed by atoms with Crippen molar-refractivity contribution in [3.05, 3.63) is 35.5 Å². The highest BCUT2D eigenvalue weighted by Crippen LogP contribution is 2.31. The van der Waals surface area contributed by atoms with Crippen LogP contribution in [0.4, 0.5) is 0 Å². The molecule has 5 nitrogen and oxygen atoms in total. The maximum Gasteiger partial charge on any atom is 0.251 e. The SMILES string of the molecule is CNNC(=O)C1Cc2c([nH]c3ccccc23)C(C)N1. The Hall–Kier alpha value is -1.85. The number of hydrogen-bond acceptors (Lipinski definition) is 3. The van der Waals surface area contributed by atoms with Crippen LogP contribution in [0.25, 0.3) is 10.9 Å². The number of hydrazine groups is 1. The Labute approximate surface area is 111 Å². The van der Waals surface area contributed by atoms with E-state index in [9.17, 15) is 4.79 Å². The van der Waals surface area contributed by atoms with E-state index in [-0.39, 0.29) is 18.0 Å². The minimum absolute atomic E-state index is 0.0229. The van der Waals surface area contributed by atoms with Crippen LogP contribution in [0.1, 0.15) is 24.2 Å². The number of aromatic nitrogens is 1. The van der Waals surface area contributed by atoms with Gasteiger partial charge in [0.1, 0.15) is 0 Å². The van der Waals surface area contributed by atoms with E-state index in [0.29, 0.717) is 6.42 Å². The van der Waals surface area contributed by atoms with Gasteiger partial charge in [0.15, 0.2) is 0 Å². The number of amides is 1. The molecule has 4 N–H and O–H groups in total. The first-order valence-electron chi connectivity index (χ1n) is 6.53. The molecule has 0 radical (unpaired) electrons. The molecule has 2 unspecified atom stereocenters. The van der Waals surface area contributed by atoms with Crippen LogP contribution in [0.5, 0.6) is 0 Å². The van der Waals surface area contributed by atoms with E-state index in [1.807, 2.05) is 12.1 Å². The Kier molecular flexibility index (Phi) is 3.00. The van der Waals surface area contributed by atoms with Crippen LogP contribution in [0.2, 0.25) is 0 Å². The Morgan fingerprint density at radius 3 is 2.95 bits per heavy atom. The largest absolute Gasteiger partial charge is 0.357 e. The Bertz CT molecular complexity index is 619. The lowest BCUT2D eigenvalue weighted by Gasteiger charge is -2.28. The van der Waals surface area contributed by atoms with Crippen molar-refractivity contribution < 1.29 is 4.79 Å². The average Bonchev–Trinajstić information content (AvgIpc) is 2.78. The maximum atomic E-state index is 12.0. The van der Waals surface area contributed by atoms with E-state index in [0.717, 1.165) is 5.52 Å². The van der Waals surface area contributed by atoms with Gasteiger partial charge in [-0.25, -0.2) is 5.43 Å². The van der Waals surface area contributed by atoms with E-state index in [1.54, 1.807) is 7.05 Å². The summed E-state index contributed by atoms with van der Waals surface area (Å²) < 4.78 is 0. The smallest absolute Gasteiger partial charge is 0.251 e. The second-order valence-electron chi connectivity index (χ2n) is 4.95. The zero-order valence-electron chi connectivity index (χ0n) is 11.1. The van der Waals surface area contributed by atoms with Gasteiger partial charge in [0.05, 0.1) is 6.04 Å². The predicted molar refractivity (Wildman–Crippen MR) is 74.5 cm³/mol. The lowest BCUT2D eigenvalue weighted by Crippen LogP contribution is -2.51. The first-order valence-corrected chi connectivity index (χ1v) is 6.53. The predicted octanol–water partition coefficient (Wildman–Crippen LogP) is 0.994. The number of hydrogen-bond donors (Lipinski definition) is 4. The second-order valence-corrected chi connectivity index (χ2v) is 4.95. The van der Waals surface area contributed by atoms with Crippen molar-refractivity contribution in [1.82, 2.24) is 21.2 Å². The minimum atomic E-state index is -0.200. The van der Waals surface area contributed by atoms with Crippen molar-refractivity contribution in [2.75, 3.05) is 7.05 Å². The van der Waals surface area contributed by atoms with Gasteiger partial charge in [-0.2, -0.15) is 0 Å². The van der Waals surface area contributed by atoms with Crippen molar-refractivity contribution in [3.8, 4) is 0 Å². The standard InChI is InChI=1S/C14H18N4O/c1-8-13-10(7-12(16-8)14(19)18-15-2)9-5-3-4-6-11(9)17-13/h3-6,8,12,15-17H,7H2,1-2H3,(H,18,19). The lowest BCUT2D eigenvalue weighted by atomic mass is 9.94. The molecule has 0 spiro atoms. The molecular weight excluding hydrogens is 240 g/mol. The molecule has 0 bridgehead atoms. The number of carbonyl (C=O) groups excluding carboxylic acids is 1. The highest BCUT2D eigenvalue weighted by atomic mass is 16.2. The number of aromatic amines is 1. The molecule has 2 atom stereocenters. The molecule has 0 saturated carbocycles. The Morgan fingerprint density at radius 2 is 2.16 bits per heavy atom. The van der Waals surface area contributed by atoms with Crippen molar-refractivity contribution >= 4 is 16.8 Å². The highest BCUT2D eigenvalue weighted by molar-refractivity contribution is 5.88. The summed E-state index contributed by atoms with van der Waals surface area (Å²) in [6.45, 7) is 2.08. The van der Waals surface area contributed by atoms with Crippen LogP contribution in [0.15, 0.2) is 24.3 Å². The van der Waals surface area contributed by atoms with E-state index < -0.39 is 0 Å². The van der Waals surface area contributed by atoms with Gasteiger partial charge in [-0.3, -0.25) is 15.5 Å². The molecule has 19 heavy (non-hydrogen) atoms. The maximum absolute atomic E-state index is 12.0. The fraction of sp³-hybridized carbons (Fsp3) is 0.357. The molecule has 1 aliphatic rings. The molecule has 2 heterocycles. The molecule has 0 fully saturated rings. The number of nitrogens with one attached hydrogen (secondary N) is 4. The molecule has 0 aliphatic carbocycles. The molecule has 1 amide bonds. The summed E-state index contributed by atoms with van der Waals surface area (Å²) in [5.41, 5.74) is 8.91. The molecule has 5 heteroatoms. The number of para-hydroxylation sites is 1. The van der Waals surface area contributed by atoms with E-state index in [2.05, 4.69) is 40.2 Å². The average molecular weight is 258 g/mol. The molecule has 3 rings (SSSR count). The monoisotopic (exact) mass is 258 g/mol. The van der Waals surface area contributed by atoms with Gasteiger partial charge in [0.25, 0.3) is 5.91 Å². The first-order chi connectivity index (χ1) is 9.20. The summed E-state index contributed by atoms with van der Waals surface area (Å²) in [4.78, 5) is 15.4. The van der Waals surface area contributed by atoms with Gasteiger partial charge < -0.3 is 4.98 Å². The van der Waals surface area contributed by atoms with E-state index in [1.165, 1.54) is 16.6 Å². The number of H-pyrrole nitrogens is 1. The normalized spacial score (nSPS) is 22.2. The summed E-state index contributed by atoms with van der Waals surface area (Å²) in [6, 6.07) is 8.18. The van der Waals surface area contributed by atoms with Crippen molar-refractivity contribution in [2.45, 2.75) is 25.4 Å². The van der Waals surface area contributed by atoms with Gasteiger partial charge >= 0.3 is 0 Å². The molecule has 0 saturated heterocycles. The summed E-state index contributed by atoms with van der Waals surface area (Å²) >= 11 is 0. The fourth-order valence-electron chi connectivity index (χ4n) is 2.84. The molecule has 1 aromatic heterocycles. The first kappa shape index (κ1) is 12.2. The van der Waals surface area contributed by atoms with Gasteiger partial charge in [-0.1, -0.05) is 18.2 Å². The number of carbonyl (C=O) groups is 1. The van der Waals surface area contributed by atoms with Crippen molar-refractivity contribution in [1.29, 1.82) is 0 Å². The third-order valence-corrected chi connectivity index (χ3v) is 3.70. The van der Waals surface area contributed by atoms with Gasteiger partial charge in [-0.15, -0.1) is 0 Å². The molecule has 100 valence electrons. The topological polar surface area (TPSA) is 68.9 Å². The van der Waals surface area contributed by atoms with Crippen LogP contribution in [0, 0.1) is 0 Å². The second kappa shape index (κ2) is 4.68. The Balaban J connectivity index is 2.00. The molecule has 2 aromatic rings. The summed E-state index contributed by atoms with van der Waals surface area (Å²) in [5, 5.41) is 4.55. The van der Waals surface area contributed by atoms with Crippen molar-refractivity contribution in [2.24, 2.45) is 0 Å². The summed E-state index contributed by atoms with van der Waals surface area (Å²) in [7, 11) is 1.70. The zero-order valence-corrected chi connectivity index (χ0v) is 11.1. The van der Waals surface area contributed by atoms with Gasteiger partial charge in [-0.05, 0) is 25.0 Å². The van der Waals surface area contributed by atoms with Crippen LogP contribution in [-0.4, -0.2) is 24.0 Å². The number of benzene rings is 1. The van der Waals surface area contributed by atoms with Gasteiger partial charge in [0, 0.05) is 29.7 Å². The van der Waals surface area contributed by atoms with Crippen molar-refractivity contribution in [3.63, 3.8) is 0 Å². The Morgan fingerprint density at radius 1 is 1.37 bits per heavy atom. The number of rotatable bonds is 2. The lowest BCUT2D eigenvalue weighted by molar-refractivity contribution is -0.124. The van der Waals surface area contributed by atoms with Crippen LogP contribution < -0.4 is 16.2 Å². The van der Waals surface area contributed by atoms with Crippen LogP contribution in [0.3, 0.4) is 0 Å². The molecule has 1 aliphatic heterocycles. The van der Waals surface area contributed by atoms with Crippen LogP contribution in [-0.2, 0) is 11.2 Å². The third kappa shape index (κ3) is 2.01. The minimum Gasteiger partial charge on any atom is -0.357 e. The summed E-state index contributed by atoms with van der Waals surface area (Å²) in [6.07, 6.45) is 0.706. The third-order valence-electron chi connectivity index (χ3n) is 3.70. The summed E-state index contributed by atoms with van der Waals surface area (Å²) in [5.74, 6) is -0.0229. The molecule has 1 aromatic carbocycles. The quantitative estimate of drug-likeness (QED) is 0.607. The zero-order chi connectivity index (χ0) is 13.4. The molecular formula is C14H18N4O. The van der Waals surface area contributed by atoms with Crippen LogP contribution >= 0.6 is 0 Å². The highest BCUT2D eigenvalue weighted by Gasteiger charge is 2.30. The number of fused-ring (bicyclic) bond motifs is 3. The van der Waals surface area contributed by atoms with Gasteiger partial charge in [0.2, 0.25) is 0 Å². The van der Waals surface area contributed by atoms with E-state index >= 15 is 0 Å². The van der Waals surface area contributed by atoms with E-state index in [4.69, 9.17) is 0 Å².